The molecule has 0 aromatic heterocycles. The predicted molar refractivity (Wildman–Crippen MR) is 56.3 cm³/mol. The van der Waals surface area contributed by atoms with Gasteiger partial charge in [0.25, 0.3) is 0 Å². The minimum absolute atomic E-state index is 0.297. The molecule has 0 amide bonds. The van der Waals surface area contributed by atoms with Gasteiger partial charge in [-0.3, -0.25) is 0 Å². The van der Waals surface area contributed by atoms with Crippen LogP contribution >= 0.6 is 0 Å². The largest absolute Gasteiger partial charge is 0.377 e. The highest BCUT2D eigenvalue weighted by Gasteiger charge is 2.28. The first-order valence-corrected chi connectivity index (χ1v) is 5.52. The summed E-state index contributed by atoms with van der Waals surface area (Å²) in [6.07, 6.45) is 1.62. The summed E-state index contributed by atoms with van der Waals surface area (Å²) >= 11 is 0. The lowest BCUT2D eigenvalue weighted by atomic mass is 9.96. The monoisotopic (exact) mass is 203 g/mol. The Morgan fingerprint density at radius 1 is 1.36 bits per heavy atom. The van der Waals surface area contributed by atoms with Crippen LogP contribution in [0.25, 0.3) is 0 Å². The van der Waals surface area contributed by atoms with E-state index in [-0.39, 0.29) is 0 Å². The third-order valence-corrected chi connectivity index (χ3v) is 2.76. The Morgan fingerprint density at radius 2 is 1.93 bits per heavy atom. The fourth-order valence-corrected chi connectivity index (χ4v) is 1.66. The normalized spacial score (nSPS) is 22.9. The maximum absolute atomic E-state index is 13.4. The number of hydrogen-bond acceptors (Lipinski definition) is 2. The minimum Gasteiger partial charge on any atom is -0.377 e. The molecule has 0 radical (unpaired) electrons. The standard InChI is InChI=1S/C11H22FNO/c1-10(2)14-9-8-13-6-4-11(3,12)5-7-13/h10H,4-9H2,1-3H3. The molecule has 2 nitrogen and oxygen atoms in total. The van der Waals surface area contributed by atoms with E-state index in [1.165, 1.54) is 0 Å². The van der Waals surface area contributed by atoms with Gasteiger partial charge in [-0.1, -0.05) is 0 Å². The van der Waals surface area contributed by atoms with Gasteiger partial charge in [-0.25, -0.2) is 4.39 Å². The molecule has 1 heterocycles. The van der Waals surface area contributed by atoms with Crippen LogP contribution in [-0.2, 0) is 4.74 Å². The van der Waals surface area contributed by atoms with Gasteiger partial charge < -0.3 is 9.64 Å². The first kappa shape index (κ1) is 11.9. The van der Waals surface area contributed by atoms with Gasteiger partial charge in [0.2, 0.25) is 0 Å². The van der Waals surface area contributed by atoms with Crippen LogP contribution in [0.1, 0.15) is 33.6 Å². The van der Waals surface area contributed by atoms with Gasteiger partial charge in [-0.2, -0.15) is 0 Å². The van der Waals surface area contributed by atoms with Crippen molar-refractivity contribution in [2.24, 2.45) is 0 Å². The Bertz CT molecular complexity index is 161. The summed E-state index contributed by atoms with van der Waals surface area (Å²) in [5, 5.41) is 0. The average molecular weight is 203 g/mol. The van der Waals surface area contributed by atoms with Crippen LogP contribution in [0.15, 0.2) is 0 Å². The van der Waals surface area contributed by atoms with Crippen molar-refractivity contribution in [3.63, 3.8) is 0 Å². The number of halogens is 1. The van der Waals surface area contributed by atoms with Crippen LogP contribution in [0, 0.1) is 0 Å². The highest BCUT2D eigenvalue weighted by molar-refractivity contribution is 4.81. The second kappa shape index (κ2) is 5.08. The van der Waals surface area contributed by atoms with Crippen molar-refractivity contribution in [2.75, 3.05) is 26.2 Å². The molecule has 0 N–H and O–H groups in total. The summed E-state index contributed by atoms with van der Waals surface area (Å²) < 4.78 is 18.9. The molecule has 0 spiro atoms. The summed E-state index contributed by atoms with van der Waals surface area (Å²) in [5.41, 5.74) is -0.935. The van der Waals surface area contributed by atoms with E-state index < -0.39 is 5.67 Å². The highest BCUT2D eigenvalue weighted by Crippen LogP contribution is 2.25. The molecule has 1 fully saturated rings. The van der Waals surface area contributed by atoms with Crippen LogP contribution < -0.4 is 0 Å². The Morgan fingerprint density at radius 3 is 2.43 bits per heavy atom. The first-order chi connectivity index (χ1) is 6.49. The molecule has 0 atom stereocenters. The van der Waals surface area contributed by atoms with Crippen molar-refractivity contribution in [3.05, 3.63) is 0 Å². The smallest absolute Gasteiger partial charge is 0.110 e. The van der Waals surface area contributed by atoms with E-state index in [1.807, 2.05) is 13.8 Å². The van der Waals surface area contributed by atoms with Crippen molar-refractivity contribution in [3.8, 4) is 0 Å². The number of nitrogens with zero attached hydrogens (tertiary/aromatic N) is 1. The number of alkyl halides is 1. The van der Waals surface area contributed by atoms with Crippen LogP contribution in [0.5, 0.6) is 0 Å². The molecule has 0 saturated carbocycles. The van der Waals surface area contributed by atoms with Crippen LogP contribution in [-0.4, -0.2) is 42.9 Å². The van der Waals surface area contributed by atoms with E-state index in [9.17, 15) is 4.39 Å². The average Bonchev–Trinajstić information content (AvgIpc) is 2.07. The summed E-state index contributed by atoms with van der Waals surface area (Å²) in [6, 6.07) is 0. The molecule has 1 rings (SSSR count). The quantitative estimate of drug-likeness (QED) is 0.694. The number of hydrogen-bond donors (Lipinski definition) is 0. The van der Waals surface area contributed by atoms with Gasteiger partial charge >= 0.3 is 0 Å². The lowest BCUT2D eigenvalue weighted by molar-refractivity contribution is 0.0302. The first-order valence-electron chi connectivity index (χ1n) is 5.52. The lowest BCUT2D eigenvalue weighted by Gasteiger charge is -2.34. The molecule has 14 heavy (non-hydrogen) atoms. The molecule has 1 saturated heterocycles. The van der Waals surface area contributed by atoms with E-state index in [2.05, 4.69) is 4.90 Å². The van der Waals surface area contributed by atoms with Crippen LogP contribution in [0.2, 0.25) is 0 Å². The van der Waals surface area contributed by atoms with Crippen LogP contribution in [0.3, 0.4) is 0 Å². The van der Waals surface area contributed by atoms with Gasteiger partial charge in [0.1, 0.15) is 5.67 Å². The fourth-order valence-electron chi connectivity index (χ4n) is 1.66. The molecule has 0 aromatic carbocycles. The lowest BCUT2D eigenvalue weighted by Crippen LogP contribution is -2.41. The Kier molecular flexibility index (Phi) is 4.32. The van der Waals surface area contributed by atoms with Crippen LogP contribution in [0.4, 0.5) is 4.39 Å². The number of rotatable bonds is 4. The van der Waals surface area contributed by atoms with Gasteiger partial charge in [-0.15, -0.1) is 0 Å². The Balaban J connectivity index is 2.10. The van der Waals surface area contributed by atoms with E-state index in [1.54, 1.807) is 6.92 Å². The van der Waals surface area contributed by atoms with Gasteiger partial charge in [-0.05, 0) is 33.6 Å². The third-order valence-electron chi connectivity index (χ3n) is 2.76. The molecule has 1 aliphatic heterocycles. The highest BCUT2D eigenvalue weighted by atomic mass is 19.1. The number of likely N-dealkylation sites (tertiary alicyclic amines) is 1. The zero-order valence-corrected chi connectivity index (χ0v) is 9.55. The maximum Gasteiger partial charge on any atom is 0.110 e. The fraction of sp³-hybridized carbons (Fsp3) is 1.00. The minimum atomic E-state index is -0.935. The summed E-state index contributed by atoms with van der Waals surface area (Å²) in [5.74, 6) is 0. The number of piperidine rings is 1. The van der Waals surface area contributed by atoms with E-state index in [4.69, 9.17) is 4.74 Å². The molecule has 0 bridgehead atoms. The topological polar surface area (TPSA) is 12.5 Å². The Hall–Kier alpha value is -0.150. The van der Waals surface area contributed by atoms with E-state index in [0.717, 1.165) is 26.2 Å². The second-order valence-corrected chi connectivity index (χ2v) is 4.67. The molecule has 3 heteroatoms. The second-order valence-electron chi connectivity index (χ2n) is 4.67. The van der Waals surface area contributed by atoms with Crippen molar-refractivity contribution in [2.45, 2.75) is 45.4 Å². The third kappa shape index (κ3) is 4.38. The summed E-state index contributed by atoms with van der Waals surface area (Å²) in [6.45, 7) is 9.22. The molecule has 0 aromatic rings. The maximum atomic E-state index is 13.4. The molecule has 1 aliphatic rings. The SMILES string of the molecule is CC(C)OCCN1CCC(C)(F)CC1. The number of ether oxygens (including phenoxy) is 1. The van der Waals surface area contributed by atoms with Gasteiger partial charge in [0.15, 0.2) is 0 Å². The van der Waals surface area contributed by atoms with Gasteiger partial charge in [0.05, 0.1) is 12.7 Å². The van der Waals surface area contributed by atoms with E-state index >= 15 is 0 Å². The predicted octanol–water partition coefficient (Wildman–Crippen LogP) is 2.24. The molecular formula is C11H22FNO. The molecule has 0 unspecified atom stereocenters. The van der Waals surface area contributed by atoms with Crippen molar-refractivity contribution in [1.82, 2.24) is 4.90 Å². The van der Waals surface area contributed by atoms with E-state index in [0.29, 0.717) is 18.9 Å². The Labute approximate surface area is 86.4 Å². The summed E-state index contributed by atoms with van der Waals surface area (Å²) in [7, 11) is 0. The van der Waals surface area contributed by atoms with Crippen molar-refractivity contribution >= 4 is 0 Å². The molecule has 84 valence electrons. The van der Waals surface area contributed by atoms with Crippen molar-refractivity contribution < 1.29 is 9.13 Å². The van der Waals surface area contributed by atoms with Gasteiger partial charge in [0, 0.05) is 19.6 Å². The molecule has 0 aliphatic carbocycles. The summed E-state index contributed by atoms with van der Waals surface area (Å²) in [4.78, 5) is 2.28. The molecular weight excluding hydrogens is 181 g/mol. The zero-order valence-electron chi connectivity index (χ0n) is 9.55. The van der Waals surface area contributed by atoms with Crippen molar-refractivity contribution in [1.29, 1.82) is 0 Å². The zero-order chi connectivity index (χ0) is 10.6.